The second-order valence-electron chi connectivity index (χ2n) is 8.12. The fourth-order valence-electron chi connectivity index (χ4n) is 4.10. The van der Waals surface area contributed by atoms with Crippen molar-refractivity contribution in [2.75, 3.05) is 36.4 Å². The van der Waals surface area contributed by atoms with Gasteiger partial charge in [-0.15, -0.1) is 0 Å². The smallest absolute Gasteiger partial charge is 0.199 e. The van der Waals surface area contributed by atoms with Crippen LogP contribution in [0.1, 0.15) is 20.3 Å². The number of nitrogens with zero attached hydrogens (tertiary/aromatic N) is 7. The maximum Gasteiger partial charge on any atom is 0.199 e. The molecule has 0 amide bonds. The van der Waals surface area contributed by atoms with Crippen molar-refractivity contribution in [1.82, 2.24) is 34.7 Å². The number of H-pyrrole nitrogens is 1. The maximum atomic E-state index is 4.59. The highest BCUT2D eigenvalue weighted by Gasteiger charge is 2.17. The molecule has 0 unspecified atom stereocenters. The van der Waals surface area contributed by atoms with E-state index in [4.69, 9.17) is 0 Å². The van der Waals surface area contributed by atoms with Crippen molar-refractivity contribution >= 4 is 22.8 Å². The lowest BCUT2D eigenvalue weighted by atomic mass is 10.2. The average molecular weight is 418 g/mol. The largest absolute Gasteiger partial charge is 0.370 e. The highest BCUT2D eigenvalue weighted by molar-refractivity contribution is 5.73. The van der Waals surface area contributed by atoms with Gasteiger partial charge >= 0.3 is 0 Å². The normalized spacial score (nSPS) is 15.5. The molecule has 1 aromatic carbocycles. The number of benzene rings is 1. The van der Waals surface area contributed by atoms with E-state index in [1.165, 1.54) is 25.0 Å². The average Bonchev–Trinajstić information content (AvgIpc) is 3.43. The van der Waals surface area contributed by atoms with Crippen LogP contribution in [0.4, 0.5) is 17.2 Å². The summed E-state index contributed by atoms with van der Waals surface area (Å²) in [5.41, 5.74) is 4.64. The molecule has 4 heterocycles. The first-order chi connectivity index (χ1) is 15.2. The fourth-order valence-corrected chi connectivity index (χ4v) is 4.10. The molecule has 0 radical (unpaired) electrons. The summed E-state index contributed by atoms with van der Waals surface area (Å²) in [5, 5.41) is 14.6. The van der Waals surface area contributed by atoms with Gasteiger partial charge in [-0.25, -0.2) is 14.5 Å². The van der Waals surface area contributed by atoms with Gasteiger partial charge in [0.25, 0.3) is 0 Å². The SMILES string of the molecule is CC(C)N1CCCN(c2ccc(Nc3ncc(-c4cn[nH]c4)n4ncnc34)cc2)CC1. The van der Waals surface area contributed by atoms with Crippen LogP contribution >= 0.6 is 0 Å². The van der Waals surface area contributed by atoms with E-state index < -0.39 is 0 Å². The lowest BCUT2D eigenvalue weighted by molar-refractivity contribution is 0.238. The Kier molecular flexibility index (Phi) is 5.25. The van der Waals surface area contributed by atoms with E-state index in [1.807, 2.05) is 6.20 Å². The van der Waals surface area contributed by atoms with Crippen LogP contribution in [0.25, 0.3) is 16.9 Å². The zero-order valence-corrected chi connectivity index (χ0v) is 17.9. The first-order valence-electron chi connectivity index (χ1n) is 10.7. The Morgan fingerprint density at radius 2 is 1.87 bits per heavy atom. The van der Waals surface area contributed by atoms with E-state index in [-0.39, 0.29) is 0 Å². The third-order valence-electron chi connectivity index (χ3n) is 5.85. The van der Waals surface area contributed by atoms with Crippen LogP contribution < -0.4 is 10.2 Å². The minimum absolute atomic E-state index is 0.605. The van der Waals surface area contributed by atoms with E-state index in [0.29, 0.717) is 17.5 Å². The minimum atomic E-state index is 0.605. The Balaban J connectivity index is 1.33. The second-order valence-corrected chi connectivity index (χ2v) is 8.12. The van der Waals surface area contributed by atoms with Gasteiger partial charge in [-0.1, -0.05) is 0 Å². The Hall–Kier alpha value is -3.46. The molecule has 2 N–H and O–H groups in total. The van der Waals surface area contributed by atoms with Gasteiger partial charge < -0.3 is 10.2 Å². The van der Waals surface area contributed by atoms with Crippen molar-refractivity contribution in [3.63, 3.8) is 0 Å². The monoisotopic (exact) mass is 417 g/mol. The Morgan fingerprint density at radius 1 is 1.00 bits per heavy atom. The number of hydrogen-bond donors (Lipinski definition) is 2. The topological polar surface area (TPSA) is 90.3 Å². The van der Waals surface area contributed by atoms with Crippen LogP contribution in [0.15, 0.2) is 49.2 Å². The highest BCUT2D eigenvalue weighted by Crippen LogP contribution is 2.25. The summed E-state index contributed by atoms with van der Waals surface area (Å²) in [7, 11) is 0. The summed E-state index contributed by atoms with van der Waals surface area (Å²) < 4.78 is 1.77. The molecule has 0 aliphatic carbocycles. The van der Waals surface area contributed by atoms with Gasteiger partial charge in [0.15, 0.2) is 11.5 Å². The maximum absolute atomic E-state index is 4.59. The molecule has 0 saturated carbocycles. The Bertz CT molecular complexity index is 1130. The van der Waals surface area contributed by atoms with Gasteiger partial charge in [-0.3, -0.25) is 10.00 Å². The van der Waals surface area contributed by atoms with Gasteiger partial charge in [0.1, 0.15) is 6.33 Å². The molecule has 1 fully saturated rings. The van der Waals surface area contributed by atoms with Crippen LogP contribution in [0.3, 0.4) is 0 Å². The number of nitrogens with one attached hydrogen (secondary N) is 2. The zero-order valence-electron chi connectivity index (χ0n) is 17.9. The van der Waals surface area contributed by atoms with E-state index in [2.05, 4.69) is 78.5 Å². The molecule has 1 saturated heterocycles. The molecule has 1 aliphatic rings. The molecule has 0 spiro atoms. The first-order valence-corrected chi connectivity index (χ1v) is 10.7. The number of anilines is 3. The molecule has 31 heavy (non-hydrogen) atoms. The summed E-state index contributed by atoms with van der Waals surface area (Å²) >= 11 is 0. The van der Waals surface area contributed by atoms with Crippen molar-refractivity contribution in [3.8, 4) is 11.3 Å². The van der Waals surface area contributed by atoms with Crippen LogP contribution in [0.2, 0.25) is 0 Å². The van der Waals surface area contributed by atoms with E-state index >= 15 is 0 Å². The van der Waals surface area contributed by atoms with Crippen LogP contribution in [0, 0.1) is 0 Å². The molecule has 9 nitrogen and oxygen atoms in total. The van der Waals surface area contributed by atoms with E-state index in [1.54, 1.807) is 16.9 Å². The molecule has 1 aliphatic heterocycles. The molecular formula is C22H27N9. The minimum Gasteiger partial charge on any atom is -0.370 e. The van der Waals surface area contributed by atoms with Crippen molar-refractivity contribution in [2.45, 2.75) is 26.3 Å². The van der Waals surface area contributed by atoms with Gasteiger partial charge in [-0.2, -0.15) is 10.2 Å². The lowest BCUT2D eigenvalue weighted by Gasteiger charge is -2.26. The summed E-state index contributed by atoms with van der Waals surface area (Å²) in [6, 6.07) is 9.15. The van der Waals surface area contributed by atoms with Crippen molar-refractivity contribution in [2.24, 2.45) is 0 Å². The van der Waals surface area contributed by atoms with Crippen molar-refractivity contribution in [3.05, 3.63) is 49.2 Å². The predicted molar refractivity (Wildman–Crippen MR) is 122 cm³/mol. The van der Waals surface area contributed by atoms with E-state index in [9.17, 15) is 0 Å². The van der Waals surface area contributed by atoms with Gasteiger partial charge in [0.2, 0.25) is 0 Å². The summed E-state index contributed by atoms with van der Waals surface area (Å²) in [4.78, 5) is 14.0. The van der Waals surface area contributed by atoms with Gasteiger partial charge in [0.05, 0.1) is 18.1 Å². The van der Waals surface area contributed by atoms with Crippen molar-refractivity contribution in [1.29, 1.82) is 0 Å². The van der Waals surface area contributed by atoms with Crippen molar-refractivity contribution < 1.29 is 0 Å². The third-order valence-corrected chi connectivity index (χ3v) is 5.85. The first kappa shape index (κ1) is 19.5. The molecule has 160 valence electrons. The molecule has 5 rings (SSSR count). The third kappa shape index (κ3) is 3.96. The lowest BCUT2D eigenvalue weighted by Crippen LogP contribution is -2.35. The summed E-state index contributed by atoms with van der Waals surface area (Å²) in [5.74, 6) is 0.667. The molecule has 4 aromatic rings. The Labute approximate surface area is 181 Å². The second kappa shape index (κ2) is 8.35. The van der Waals surface area contributed by atoms with Gasteiger partial charge in [-0.05, 0) is 44.5 Å². The number of fused-ring (bicyclic) bond motifs is 1. The summed E-state index contributed by atoms with van der Waals surface area (Å²) in [6.07, 6.45) is 8.06. The number of aromatic amines is 1. The number of rotatable bonds is 5. The van der Waals surface area contributed by atoms with Crippen LogP contribution in [-0.2, 0) is 0 Å². The zero-order chi connectivity index (χ0) is 21.2. The molecule has 0 bridgehead atoms. The number of hydrogen-bond acceptors (Lipinski definition) is 7. The summed E-state index contributed by atoms with van der Waals surface area (Å²) in [6.45, 7) is 8.98. The molecule has 0 atom stereocenters. The molecule has 9 heteroatoms. The Morgan fingerprint density at radius 3 is 2.65 bits per heavy atom. The van der Waals surface area contributed by atoms with Gasteiger partial charge in [0, 0.05) is 55.4 Å². The van der Waals surface area contributed by atoms with Crippen LogP contribution in [-0.4, -0.2) is 66.9 Å². The standard InChI is InChI=1S/C22H27N9/c1-16(2)29-8-3-9-30(11-10-29)19-6-4-18(5-7-19)28-21-22-24-15-27-31(22)20(14-23-21)17-12-25-26-13-17/h4-7,12-16H,3,8-11H2,1-2H3,(H,23,28)(H,25,26). The molecular weight excluding hydrogens is 390 g/mol. The predicted octanol–water partition coefficient (Wildman–Crippen LogP) is 3.18. The van der Waals surface area contributed by atoms with Crippen LogP contribution in [0.5, 0.6) is 0 Å². The molecule has 3 aromatic heterocycles. The number of aromatic nitrogens is 6. The highest BCUT2D eigenvalue weighted by atomic mass is 15.3. The fraction of sp³-hybridized carbons (Fsp3) is 0.364. The van der Waals surface area contributed by atoms with E-state index in [0.717, 1.165) is 36.6 Å². The quantitative estimate of drug-likeness (QED) is 0.515.